The highest BCUT2D eigenvalue weighted by molar-refractivity contribution is 6.32. The van der Waals surface area contributed by atoms with Crippen LogP contribution in [0.3, 0.4) is 0 Å². The third-order valence-corrected chi connectivity index (χ3v) is 5.61. The Hall–Kier alpha value is -3.70. The average Bonchev–Trinajstić information content (AvgIpc) is 2.88. The van der Waals surface area contributed by atoms with Gasteiger partial charge in [-0.2, -0.15) is 18.4 Å². The van der Waals surface area contributed by atoms with E-state index in [2.05, 4.69) is 10.6 Å². The molecule has 0 saturated carbocycles. The van der Waals surface area contributed by atoms with E-state index >= 15 is 0 Å². The Labute approximate surface area is 231 Å². The van der Waals surface area contributed by atoms with E-state index in [4.69, 9.17) is 4.65 Å². The van der Waals surface area contributed by atoms with Crippen molar-refractivity contribution in [2.24, 2.45) is 5.92 Å². The molecule has 0 fully saturated rings. The number of nitrogens with one attached hydrogen (secondary N) is 2. The SMILES string of the molecule is CC(C)C=C(C#N)C(=O)N(C)c1cccc(C[C@H](NCC(F)(F)F)C(=O)N[C@@H](Cc2ccccc2)OB(O)O)c1. The van der Waals surface area contributed by atoms with Crippen molar-refractivity contribution in [2.45, 2.75) is 45.1 Å². The van der Waals surface area contributed by atoms with Crippen molar-refractivity contribution in [1.82, 2.24) is 10.6 Å². The molecule has 0 aliphatic heterocycles. The molecule has 0 aliphatic rings. The molecule has 2 aromatic rings. The second kappa shape index (κ2) is 15.2. The molecule has 0 saturated heterocycles. The minimum atomic E-state index is -4.61. The van der Waals surface area contributed by atoms with E-state index in [1.54, 1.807) is 48.5 Å². The van der Waals surface area contributed by atoms with Gasteiger partial charge in [0.25, 0.3) is 5.91 Å². The summed E-state index contributed by atoms with van der Waals surface area (Å²) in [7, 11) is -0.770. The molecule has 4 N–H and O–H groups in total. The molecule has 13 heteroatoms. The normalized spacial score (nSPS) is 13.3. The Bertz CT molecular complexity index is 1200. The van der Waals surface area contributed by atoms with Crippen LogP contribution in [0.1, 0.15) is 25.0 Å². The lowest BCUT2D eigenvalue weighted by molar-refractivity contribution is -0.133. The zero-order chi connectivity index (χ0) is 29.9. The van der Waals surface area contributed by atoms with Gasteiger partial charge in [0.05, 0.1) is 12.6 Å². The van der Waals surface area contributed by atoms with Crippen molar-refractivity contribution in [2.75, 3.05) is 18.5 Å². The number of nitriles is 1. The summed E-state index contributed by atoms with van der Waals surface area (Å²) in [6.45, 7) is 2.18. The second-order valence-corrected chi connectivity index (χ2v) is 9.37. The number of alkyl halides is 3. The number of hydrogen-bond acceptors (Lipinski definition) is 7. The lowest BCUT2D eigenvalue weighted by atomic mass is 10.0. The standard InChI is InChI=1S/C27H32BF3N4O5/c1-18(2)12-21(16-32)26(37)35(3)22-11-7-10-20(13-22)14-23(33-17-27(29,30)31)25(36)34-24(40-28(38)39)15-19-8-5-4-6-9-19/h4-13,18,23-24,33,38-39H,14-15,17H2,1-3H3,(H,34,36)/t23-,24+/m0/s1. The average molecular weight is 560 g/mol. The van der Waals surface area contributed by atoms with E-state index in [-0.39, 0.29) is 24.3 Å². The van der Waals surface area contributed by atoms with E-state index in [1.807, 2.05) is 19.9 Å². The molecule has 40 heavy (non-hydrogen) atoms. The Morgan fingerprint density at radius 3 is 2.33 bits per heavy atom. The first-order chi connectivity index (χ1) is 18.8. The lowest BCUT2D eigenvalue weighted by Gasteiger charge is -2.25. The summed E-state index contributed by atoms with van der Waals surface area (Å²) < 4.78 is 44.1. The molecule has 2 atom stereocenters. The van der Waals surface area contributed by atoms with Crippen LogP contribution in [0.4, 0.5) is 18.9 Å². The summed E-state index contributed by atoms with van der Waals surface area (Å²) in [5, 5.41) is 32.6. The van der Waals surface area contributed by atoms with Crippen LogP contribution in [0.5, 0.6) is 0 Å². The number of hydrogen-bond donors (Lipinski definition) is 4. The van der Waals surface area contributed by atoms with Crippen LogP contribution >= 0.6 is 0 Å². The highest BCUT2D eigenvalue weighted by Crippen LogP contribution is 2.20. The number of halogens is 3. The number of rotatable bonds is 13. The zero-order valence-corrected chi connectivity index (χ0v) is 22.4. The van der Waals surface area contributed by atoms with Crippen molar-refractivity contribution >= 4 is 24.8 Å². The number of anilines is 1. The molecule has 0 unspecified atom stereocenters. The summed E-state index contributed by atoms with van der Waals surface area (Å²) in [6, 6.07) is 15.4. The van der Waals surface area contributed by atoms with Gasteiger partial charge in [0.2, 0.25) is 5.91 Å². The van der Waals surface area contributed by atoms with Gasteiger partial charge in [0.15, 0.2) is 0 Å². The van der Waals surface area contributed by atoms with Crippen molar-refractivity contribution in [3.63, 3.8) is 0 Å². The van der Waals surface area contributed by atoms with E-state index in [0.717, 1.165) is 0 Å². The third-order valence-electron chi connectivity index (χ3n) is 5.61. The van der Waals surface area contributed by atoms with Crippen LogP contribution in [-0.2, 0) is 27.1 Å². The highest BCUT2D eigenvalue weighted by Gasteiger charge is 2.31. The van der Waals surface area contributed by atoms with Crippen LogP contribution in [0.25, 0.3) is 0 Å². The number of allylic oxidation sites excluding steroid dienone is 1. The fourth-order valence-corrected chi connectivity index (χ4v) is 3.78. The molecule has 214 valence electrons. The Morgan fingerprint density at radius 2 is 1.75 bits per heavy atom. The predicted molar refractivity (Wildman–Crippen MR) is 143 cm³/mol. The van der Waals surface area contributed by atoms with Crippen LogP contribution in [0.2, 0.25) is 0 Å². The first-order valence-electron chi connectivity index (χ1n) is 12.4. The minimum Gasteiger partial charge on any atom is -0.402 e. The maximum atomic E-state index is 13.1. The molecule has 0 aromatic heterocycles. The number of amides is 2. The molecule has 0 radical (unpaired) electrons. The van der Waals surface area contributed by atoms with Crippen molar-refractivity contribution in [3.05, 3.63) is 77.4 Å². The van der Waals surface area contributed by atoms with Gasteiger partial charge < -0.3 is 24.9 Å². The fraction of sp³-hybridized carbons (Fsp3) is 0.370. The summed E-state index contributed by atoms with van der Waals surface area (Å²) in [4.78, 5) is 27.2. The van der Waals surface area contributed by atoms with Gasteiger partial charge in [-0.25, -0.2) is 0 Å². The Kier molecular flexibility index (Phi) is 12.3. The zero-order valence-electron chi connectivity index (χ0n) is 22.4. The number of carbonyl (C=O) groups is 2. The largest absolute Gasteiger partial charge is 0.635 e. The van der Waals surface area contributed by atoms with E-state index < -0.39 is 44.1 Å². The number of nitrogens with zero attached hydrogens (tertiary/aromatic N) is 2. The molecule has 2 rings (SSSR count). The van der Waals surface area contributed by atoms with Gasteiger partial charge in [-0.1, -0.05) is 62.4 Å². The molecule has 0 spiro atoms. The van der Waals surface area contributed by atoms with Gasteiger partial charge in [0, 0.05) is 19.2 Å². The maximum Gasteiger partial charge on any atom is 0.635 e. The molecule has 9 nitrogen and oxygen atoms in total. The molecular weight excluding hydrogens is 528 g/mol. The molecule has 0 aliphatic carbocycles. The van der Waals surface area contributed by atoms with E-state index in [9.17, 15) is 38.1 Å². The summed E-state index contributed by atoms with van der Waals surface area (Å²) in [5.74, 6) is -1.47. The van der Waals surface area contributed by atoms with Gasteiger partial charge in [-0.3, -0.25) is 14.9 Å². The summed E-state index contributed by atoms with van der Waals surface area (Å²) in [6.07, 6.45) is -4.52. The van der Waals surface area contributed by atoms with Crippen LogP contribution in [0.15, 0.2) is 66.2 Å². The number of likely N-dealkylation sites (N-methyl/N-ethyl adjacent to an activating group) is 1. The summed E-state index contributed by atoms with van der Waals surface area (Å²) in [5.41, 5.74) is 1.43. The molecular formula is C27H32BF3N4O5. The lowest BCUT2D eigenvalue weighted by Crippen LogP contribution is -2.53. The Balaban J connectivity index is 2.27. The quantitative estimate of drug-likeness (QED) is 0.128. The van der Waals surface area contributed by atoms with Crippen LogP contribution < -0.4 is 15.5 Å². The molecule has 0 heterocycles. The minimum absolute atomic E-state index is 0.0176. The predicted octanol–water partition coefficient (Wildman–Crippen LogP) is 2.49. The topological polar surface area (TPSA) is 135 Å². The molecule has 2 amide bonds. The van der Waals surface area contributed by atoms with Gasteiger partial charge >= 0.3 is 13.5 Å². The summed E-state index contributed by atoms with van der Waals surface area (Å²) >= 11 is 0. The first kappa shape index (κ1) is 32.5. The van der Waals surface area contributed by atoms with Crippen molar-refractivity contribution in [1.29, 1.82) is 5.26 Å². The second-order valence-electron chi connectivity index (χ2n) is 9.37. The maximum absolute atomic E-state index is 13.1. The molecule has 0 bridgehead atoms. The molecule has 2 aromatic carbocycles. The smallest absolute Gasteiger partial charge is 0.402 e. The van der Waals surface area contributed by atoms with Gasteiger partial charge in [-0.05, 0) is 35.6 Å². The van der Waals surface area contributed by atoms with Crippen LogP contribution in [-0.4, -0.2) is 61.2 Å². The van der Waals surface area contributed by atoms with Crippen molar-refractivity contribution < 1.29 is 37.5 Å². The number of benzene rings is 2. The highest BCUT2D eigenvalue weighted by atomic mass is 19.4. The first-order valence-corrected chi connectivity index (χ1v) is 12.4. The fourth-order valence-electron chi connectivity index (χ4n) is 3.78. The van der Waals surface area contributed by atoms with Crippen molar-refractivity contribution in [3.8, 4) is 6.07 Å². The monoisotopic (exact) mass is 560 g/mol. The number of carbonyl (C=O) groups excluding carboxylic acids is 2. The van der Waals surface area contributed by atoms with E-state index in [0.29, 0.717) is 16.8 Å². The Morgan fingerprint density at radius 1 is 1.10 bits per heavy atom. The van der Waals surface area contributed by atoms with Gasteiger partial charge in [-0.15, -0.1) is 0 Å². The third kappa shape index (κ3) is 11.2. The van der Waals surface area contributed by atoms with E-state index in [1.165, 1.54) is 24.1 Å². The van der Waals surface area contributed by atoms with Gasteiger partial charge in [0.1, 0.15) is 17.9 Å². The van der Waals surface area contributed by atoms with Crippen LogP contribution in [0, 0.1) is 17.2 Å².